The van der Waals surface area contributed by atoms with Gasteiger partial charge >= 0.3 is 0 Å². The number of nitrogens with zero attached hydrogens (tertiary/aromatic N) is 6. The van der Waals surface area contributed by atoms with Gasteiger partial charge in [0.1, 0.15) is 12.4 Å². The molecule has 8 heteroatoms. The van der Waals surface area contributed by atoms with Crippen LogP contribution in [0.25, 0.3) is 4.96 Å². The van der Waals surface area contributed by atoms with Crippen molar-refractivity contribution in [1.82, 2.24) is 29.0 Å². The van der Waals surface area contributed by atoms with Crippen molar-refractivity contribution in [2.24, 2.45) is 7.05 Å². The molecule has 0 amide bonds. The summed E-state index contributed by atoms with van der Waals surface area (Å²) in [5.74, 6) is 0.885. The summed E-state index contributed by atoms with van der Waals surface area (Å²) in [6, 6.07) is 0. The van der Waals surface area contributed by atoms with Crippen molar-refractivity contribution in [2.75, 3.05) is 19.7 Å². The van der Waals surface area contributed by atoms with Crippen LogP contribution in [0.2, 0.25) is 0 Å². The molecule has 1 atom stereocenters. The molecule has 4 rings (SSSR count). The molecule has 122 valence electrons. The van der Waals surface area contributed by atoms with E-state index in [1.807, 2.05) is 11.6 Å². The number of morpholine rings is 1. The monoisotopic (exact) mass is 332 g/mol. The molecule has 0 aromatic carbocycles. The van der Waals surface area contributed by atoms with E-state index in [1.54, 1.807) is 17.7 Å². The van der Waals surface area contributed by atoms with Gasteiger partial charge in [-0.2, -0.15) is 0 Å². The van der Waals surface area contributed by atoms with Crippen molar-refractivity contribution in [2.45, 2.75) is 26.5 Å². The molecule has 0 spiro atoms. The summed E-state index contributed by atoms with van der Waals surface area (Å²) in [6.07, 6.45) is 3.87. The molecule has 0 aliphatic carbocycles. The smallest absolute Gasteiger partial charge is 0.194 e. The predicted molar refractivity (Wildman–Crippen MR) is 87.5 cm³/mol. The number of thiazole rings is 1. The Bertz CT molecular complexity index is 834. The molecule has 1 fully saturated rings. The lowest BCUT2D eigenvalue weighted by Crippen LogP contribution is -2.39. The number of fused-ring (bicyclic) bond motifs is 1. The summed E-state index contributed by atoms with van der Waals surface area (Å²) in [6.45, 7) is 7.54. The van der Waals surface area contributed by atoms with Crippen molar-refractivity contribution >= 4 is 16.3 Å². The maximum absolute atomic E-state index is 5.89. The van der Waals surface area contributed by atoms with Crippen LogP contribution >= 0.6 is 11.3 Å². The number of hydrogen-bond donors (Lipinski definition) is 0. The highest BCUT2D eigenvalue weighted by atomic mass is 32.1. The molecule has 23 heavy (non-hydrogen) atoms. The molecule has 3 aromatic rings. The standard InChI is InChI=1S/C15H20N6OS/c1-10-6-21-12(11(2)17-15(21)23-10)7-20-4-5-22-13(8-20)14-18-16-9-19(14)3/h6,9,13H,4-5,7-8H2,1-3H3/t13-/m0/s1. The van der Waals surface area contributed by atoms with Crippen molar-refractivity contribution in [1.29, 1.82) is 0 Å². The van der Waals surface area contributed by atoms with Gasteiger partial charge in [0.15, 0.2) is 10.8 Å². The zero-order chi connectivity index (χ0) is 16.0. The van der Waals surface area contributed by atoms with Crippen molar-refractivity contribution < 1.29 is 4.74 Å². The molecular weight excluding hydrogens is 312 g/mol. The normalized spacial score (nSPS) is 19.7. The largest absolute Gasteiger partial charge is 0.368 e. The third-order valence-electron chi connectivity index (χ3n) is 4.30. The maximum Gasteiger partial charge on any atom is 0.194 e. The Labute approximate surface area is 138 Å². The van der Waals surface area contributed by atoms with Crippen LogP contribution in [0.4, 0.5) is 0 Å². The molecule has 1 aliphatic rings. The molecule has 0 bridgehead atoms. The van der Waals surface area contributed by atoms with Crippen LogP contribution in [0.3, 0.4) is 0 Å². The van der Waals surface area contributed by atoms with Crippen LogP contribution in [0.15, 0.2) is 12.5 Å². The summed E-state index contributed by atoms with van der Waals surface area (Å²) < 4.78 is 10.0. The first-order chi connectivity index (χ1) is 11.1. The molecule has 4 heterocycles. The number of hydrogen-bond acceptors (Lipinski definition) is 6. The fourth-order valence-electron chi connectivity index (χ4n) is 3.10. The Morgan fingerprint density at radius 1 is 1.39 bits per heavy atom. The van der Waals surface area contributed by atoms with Crippen molar-refractivity contribution in [3.05, 3.63) is 34.6 Å². The Balaban J connectivity index is 1.56. The van der Waals surface area contributed by atoms with Crippen LogP contribution in [-0.2, 0) is 18.3 Å². The van der Waals surface area contributed by atoms with Gasteiger partial charge in [-0.15, -0.1) is 21.5 Å². The van der Waals surface area contributed by atoms with Gasteiger partial charge in [0, 0.05) is 37.8 Å². The Kier molecular flexibility index (Phi) is 3.67. The first-order valence-electron chi connectivity index (χ1n) is 7.73. The van der Waals surface area contributed by atoms with Gasteiger partial charge in [-0.3, -0.25) is 9.30 Å². The van der Waals surface area contributed by atoms with Gasteiger partial charge in [-0.1, -0.05) is 0 Å². The molecule has 1 saturated heterocycles. The highest BCUT2D eigenvalue weighted by Gasteiger charge is 2.26. The Morgan fingerprint density at radius 2 is 2.26 bits per heavy atom. The van der Waals surface area contributed by atoms with Gasteiger partial charge in [0.2, 0.25) is 0 Å². The van der Waals surface area contributed by atoms with Crippen molar-refractivity contribution in [3.8, 4) is 0 Å². The minimum absolute atomic E-state index is 0.0239. The first-order valence-corrected chi connectivity index (χ1v) is 8.55. The average molecular weight is 332 g/mol. The van der Waals surface area contributed by atoms with E-state index in [1.165, 1.54) is 10.6 Å². The second kappa shape index (κ2) is 5.70. The lowest BCUT2D eigenvalue weighted by molar-refractivity contribution is -0.0390. The molecule has 0 N–H and O–H groups in total. The average Bonchev–Trinajstić information content (AvgIpc) is 3.17. The summed E-state index contributed by atoms with van der Waals surface area (Å²) in [5.41, 5.74) is 2.38. The Hall–Kier alpha value is -1.77. The van der Waals surface area contributed by atoms with E-state index >= 15 is 0 Å². The van der Waals surface area contributed by atoms with E-state index in [4.69, 9.17) is 4.74 Å². The van der Waals surface area contributed by atoms with Gasteiger partial charge < -0.3 is 9.30 Å². The van der Waals surface area contributed by atoms with Crippen LogP contribution in [-0.4, -0.2) is 48.7 Å². The second-order valence-corrected chi connectivity index (χ2v) is 7.25. The predicted octanol–water partition coefficient (Wildman–Crippen LogP) is 1.71. The second-order valence-electron chi connectivity index (χ2n) is 6.03. The molecule has 0 unspecified atom stereocenters. The summed E-state index contributed by atoms with van der Waals surface area (Å²) in [5, 5.41) is 8.14. The zero-order valence-corrected chi connectivity index (χ0v) is 14.4. The first kappa shape index (κ1) is 14.8. The number of aromatic nitrogens is 5. The van der Waals surface area contributed by atoms with Crippen LogP contribution in [0.5, 0.6) is 0 Å². The maximum atomic E-state index is 5.89. The summed E-state index contributed by atoms with van der Waals surface area (Å²) in [4.78, 5) is 9.45. The molecule has 0 radical (unpaired) electrons. The lowest BCUT2D eigenvalue weighted by atomic mass is 10.2. The number of ether oxygens (including phenoxy) is 1. The molecule has 3 aromatic heterocycles. The lowest BCUT2D eigenvalue weighted by Gasteiger charge is -2.32. The third-order valence-corrected chi connectivity index (χ3v) is 5.20. The number of aryl methyl sites for hydroxylation is 3. The van der Waals surface area contributed by atoms with Crippen LogP contribution < -0.4 is 0 Å². The SMILES string of the molecule is Cc1cn2c(CN3CCO[C@H](c4nncn4C)C3)c(C)nc2s1. The van der Waals surface area contributed by atoms with E-state index in [9.17, 15) is 0 Å². The van der Waals surface area contributed by atoms with Gasteiger partial charge in [0.25, 0.3) is 0 Å². The topological polar surface area (TPSA) is 60.5 Å². The zero-order valence-electron chi connectivity index (χ0n) is 13.6. The van der Waals surface area contributed by atoms with Crippen LogP contribution in [0.1, 0.15) is 28.2 Å². The van der Waals surface area contributed by atoms with E-state index in [0.29, 0.717) is 6.61 Å². The van der Waals surface area contributed by atoms with E-state index in [-0.39, 0.29) is 6.10 Å². The molecule has 7 nitrogen and oxygen atoms in total. The molecular formula is C15H20N6OS. The fourth-order valence-corrected chi connectivity index (χ4v) is 3.99. The van der Waals surface area contributed by atoms with E-state index in [2.05, 4.69) is 44.5 Å². The van der Waals surface area contributed by atoms with Crippen molar-refractivity contribution in [3.63, 3.8) is 0 Å². The van der Waals surface area contributed by atoms with Gasteiger partial charge in [0.05, 0.1) is 18.0 Å². The molecule has 1 aliphatic heterocycles. The third kappa shape index (κ3) is 2.66. The molecule has 0 saturated carbocycles. The minimum Gasteiger partial charge on any atom is -0.368 e. The Morgan fingerprint density at radius 3 is 3.04 bits per heavy atom. The van der Waals surface area contributed by atoms with E-state index in [0.717, 1.165) is 36.1 Å². The quantitative estimate of drug-likeness (QED) is 0.731. The van der Waals surface area contributed by atoms with E-state index < -0.39 is 0 Å². The van der Waals surface area contributed by atoms with Gasteiger partial charge in [-0.25, -0.2) is 4.98 Å². The fraction of sp³-hybridized carbons (Fsp3) is 0.533. The number of rotatable bonds is 3. The minimum atomic E-state index is -0.0239. The highest BCUT2D eigenvalue weighted by molar-refractivity contribution is 7.17. The summed E-state index contributed by atoms with van der Waals surface area (Å²) in [7, 11) is 1.95. The van der Waals surface area contributed by atoms with Gasteiger partial charge in [-0.05, 0) is 13.8 Å². The summed E-state index contributed by atoms with van der Waals surface area (Å²) >= 11 is 1.74. The van der Waals surface area contributed by atoms with Crippen LogP contribution in [0, 0.1) is 13.8 Å². The highest BCUT2D eigenvalue weighted by Crippen LogP contribution is 2.25. The number of imidazole rings is 1.